The second-order valence-electron chi connectivity index (χ2n) is 5.31. The third-order valence-corrected chi connectivity index (χ3v) is 3.72. The number of rotatable bonds is 6. The topological polar surface area (TPSA) is 47.8 Å². The molecular weight excluding hydrogens is 290 g/mol. The maximum atomic E-state index is 5.36. The summed E-state index contributed by atoms with van der Waals surface area (Å²) >= 11 is 0. The van der Waals surface area contributed by atoms with Gasteiger partial charge in [-0.2, -0.15) is 0 Å². The standard InChI is InChI=1S/C18H21N3O2/c1-4-19-14-6-8-18-20-15(12-21(18)11-14)9-13-5-7-16(22-2)17(10-13)23-3/h5-8,10-12,19H,4,9H2,1-3H3. The van der Waals surface area contributed by atoms with Gasteiger partial charge in [-0.3, -0.25) is 0 Å². The Bertz CT molecular complexity index is 811. The minimum atomic E-state index is 0.738. The van der Waals surface area contributed by atoms with Crippen LogP contribution in [0.3, 0.4) is 0 Å². The summed E-state index contributed by atoms with van der Waals surface area (Å²) in [7, 11) is 3.29. The van der Waals surface area contributed by atoms with Crippen LogP contribution in [0.25, 0.3) is 5.65 Å². The Morgan fingerprint density at radius 3 is 2.61 bits per heavy atom. The number of hydrogen-bond acceptors (Lipinski definition) is 4. The number of nitrogens with one attached hydrogen (secondary N) is 1. The van der Waals surface area contributed by atoms with Gasteiger partial charge in [-0.15, -0.1) is 0 Å². The zero-order valence-corrected chi connectivity index (χ0v) is 13.7. The Kier molecular flexibility index (Phi) is 4.37. The van der Waals surface area contributed by atoms with Crippen molar-refractivity contribution < 1.29 is 9.47 Å². The molecule has 0 saturated carbocycles. The fourth-order valence-electron chi connectivity index (χ4n) is 2.64. The molecule has 1 aromatic carbocycles. The lowest BCUT2D eigenvalue weighted by Crippen LogP contribution is -1.97. The highest BCUT2D eigenvalue weighted by atomic mass is 16.5. The summed E-state index contributed by atoms with van der Waals surface area (Å²) in [5, 5.41) is 3.31. The van der Waals surface area contributed by atoms with Crippen molar-refractivity contribution in [1.82, 2.24) is 9.38 Å². The number of anilines is 1. The van der Waals surface area contributed by atoms with Crippen molar-refractivity contribution in [1.29, 1.82) is 0 Å². The summed E-state index contributed by atoms with van der Waals surface area (Å²) in [6.45, 7) is 2.99. The lowest BCUT2D eigenvalue weighted by atomic mass is 10.1. The molecule has 0 amide bonds. The van der Waals surface area contributed by atoms with Crippen molar-refractivity contribution in [3.05, 3.63) is 54.0 Å². The first-order valence-electron chi connectivity index (χ1n) is 7.66. The summed E-state index contributed by atoms with van der Waals surface area (Å²) in [6, 6.07) is 10.0. The summed E-state index contributed by atoms with van der Waals surface area (Å²) in [5.41, 5.74) is 4.20. The average Bonchev–Trinajstić information content (AvgIpc) is 2.96. The number of imidazole rings is 1. The fraction of sp³-hybridized carbons (Fsp3) is 0.278. The quantitative estimate of drug-likeness (QED) is 0.758. The molecule has 5 nitrogen and oxygen atoms in total. The van der Waals surface area contributed by atoms with Gasteiger partial charge in [0.1, 0.15) is 5.65 Å². The zero-order chi connectivity index (χ0) is 16.2. The molecule has 0 aliphatic heterocycles. The second kappa shape index (κ2) is 6.60. The maximum absolute atomic E-state index is 5.36. The third kappa shape index (κ3) is 3.23. The largest absolute Gasteiger partial charge is 0.493 e. The van der Waals surface area contributed by atoms with Crippen molar-refractivity contribution >= 4 is 11.3 Å². The Labute approximate surface area is 135 Å². The molecule has 3 rings (SSSR count). The molecule has 23 heavy (non-hydrogen) atoms. The molecule has 2 aromatic heterocycles. The van der Waals surface area contributed by atoms with Gasteiger partial charge < -0.3 is 19.2 Å². The van der Waals surface area contributed by atoms with E-state index in [0.717, 1.165) is 47.1 Å². The van der Waals surface area contributed by atoms with Crippen LogP contribution in [0.1, 0.15) is 18.2 Å². The Balaban J connectivity index is 1.86. The molecule has 0 saturated heterocycles. The van der Waals surface area contributed by atoms with Crippen LogP contribution in [-0.2, 0) is 6.42 Å². The van der Waals surface area contributed by atoms with Gasteiger partial charge in [0, 0.05) is 25.4 Å². The molecule has 0 spiro atoms. The molecule has 2 heterocycles. The molecule has 5 heteroatoms. The minimum Gasteiger partial charge on any atom is -0.493 e. The van der Waals surface area contributed by atoms with Crippen LogP contribution in [0.15, 0.2) is 42.7 Å². The van der Waals surface area contributed by atoms with Gasteiger partial charge in [-0.25, -0.2) is 4.98 Å². The van der Waals surface area contributed by atoms with Crippen LogP contribution in [0.2, 0.25) is 0 Å². The highest BCUT2D eigenvalue weighted by Crippen LogP contribution is 2.28. The number of aromatic nitrogens is 2. The van der Waals surface area contributed by atoms with Crippen LogP contribution in [-0.4, -0.2) is 30.1 Å². The number of methoxy groups -OCH3 is 2. The molecule has 3 aromatic rings. The van der Waals surface area contributed by atoms with E-state index >= 15 is 0 Å². The first-order chi connectivity index (χ1) is 11.2. The molecule has 1 N–H and O–H groups in total. The van der Waals surface area contributed by atoms with E-state index in [1.54, 1.807) is 14.2 Å². The average molecular weight is 311 g/mol. The van der Waals surface area contributed by atoms with E-state index in [2.05, 4.69) is 29.6 Å². The van der Waals surface area contributed by atoms with Crippen molar-refractivity contribution in [2.75, 3.05) is 26.1 Å². The molecular formula is C18H21N3O2. The Morgan fingerprint density at radius 2 is 1.87 bits per heavy atom. The second-order valence-corrected chi connectivity index (χ2v) is 5.31. The van der Waals surface area contributed by atoms with Crippen LogP contribution in [0, 0.1) is 0 Å². The van der Waals surface area contributed by atoms with Crippen LogP contribution < -0.4 is 14.8 Å². The van der Waals surface area contributed by atoms with E-state index in [-0.39, 0.29) is 0 Å². The molecule has 0 aliphatic rings. The maximum Gasteiger partial charge on any atom is 0.160 e. The molecule has 0 atom stereocenters. The van der Waals surface area contributed by atoms with Gasteiger partial charge in [0.2, 0.25) is 0 Å². The summed E-state index contributed by atoms with van der Waals surface area (Å²) in [4.78, 5) is 4.67. The number of hydrogen-bond donors (Lipinski definition) is 1. The summed E-state index contributed by atoms with van der Waals surface area (Å²) in [5.74, 6) is 1.48. The highest BCUT2D eigenvalue weighted by molar-refractivity contribution is 5.51. The van der Waals surface area contributed by atoms with E-state index in [1.165, 1.54) is 0 Å². The fourth-order valence-corrected chi connectivity index (χ4v) is 2.64. The number of pyridine rings is 1. The predicted molar refractivity (Wildman–Crippen MR) is 91.7 cm³/mol. The number of benzene rings is 1. The predicted octanol–water partition coefficient (Wildman–Crippen LogP) is 3.37. The molecule has 0 fully saturated rings. The van der Waals surface area contributed by atoms with Crippen molar-refractivity contribution in [2.45, 2.75) is 13.3 Å². The van der Waals surface area contributed by atoms with E-state index < -0.39 is 0 Å². The SMILES string of the molecule is CCNc1ccc2nc(Cc3ccc(OC)c(OC)c3)cn2c1. The smallest absolute Gasteiger partial charge is 0.160 e. The molecule has 0 radical (unpaired) electrons. The lowest BCUT2D eigenvalue weighted by Gasteiger charge is -2.08. The number of ether oxygens (including phenoxy) is 2. The van der Waals surface area contributed by atoms with Crippen molar-refractivity contribution in [2.24, 2.45) is 0 Å². The van der Waals surface area contributed by atoms with Crippen LogP contribution >= 0.6 is 0 Å². The minimum absolute atomic E-state index is 0.738. The van der Waals surface area contributed by atoms with Gasteiger partial charge in [0.25, 0.3) is 0 Å². The lowest BCUT2D eigenvalue weighted by molar-refractivity contribution is 0.354. The van der Waals surface area contributed by atoms with Gasteiger partial charge >= 0.3 is 0 Å². The van der Waals surface area contributed by atoms with Gasteiger partial charge in [0.05, 0.1) is 25.6 Å². The van der Waals surface area contributed by atoms with Crippen molar-refractivity contribution in [3.63, 3.8) is 0 Å². The van der Waals surface area contributed by atoms with Crippen molar-refractivity contribution in [3.8, 4) is 11.5 Å². The first kappa shape index (κ1) is 15.2. The summed E-state index contributed by atoms with van der Waals surface area (Å²) < 4.78 is 12.7. The zero-order valence-electron chi connectivity index (χ0n) is 13.7. The molecule has 120 valence electrons. The van der Waals surface area contributed by atoms with E-state index in [1.807, 2.05) is 34.7 Å². The molecule has 0 unspecified atom stereocenters. The van der Waals surface area contributed by atoms with E-state index in [4.69, 9.17) is 9.47 Å². The monoisotopic (exact) mass is 311 g/mol. The van der Waals surface area contributed by atoms with E-state index in [9.17, 15) is 0 Å². The third-order valence-electron chi connectivity index (χ3n) is 3.72. The van der Waals surface area contributed by atoms with Gasteiger partial charge in [-0.1, -0.05) is 6.07 Å². The van der Waals surface area contributed by atoms with Gasteiger partial charge in [0.15, 0.2) is 11.5 Å². The Hall–Kier alpha value is -2.69. The molecule has 0 aliphatic carbocycles. The number of fused-ring (bicyclic) bond motifs is 1. The van der Waals surface area contributed by atoms with E-state index in [0.29, 0.717) is 0 Å². The summed E-state index contributed by atoms with van der Waals surface area (Å²) in [6.07, 6.45) is 4.87. The number of nitrogens with zero attached hydrogens (tertiary/aromatic N) is 2. The highest BCUT2D eigenvalue weighted by Gasteiger charge is 2.08. The normalized spacial score (nSPS) is 10.7. The van der Waals surface area contributed by atoms with Crippen LogP contribution in [0.5, 0.6) is 11.5 Å². The van der Waals surface area contributed by atoms with Crippen LogP contribution in [0.4, 0.5) is 5.69 Å². The molecule has 0 bridgehead atoms. The van der Waals surface area contributed by atoms with Gasteiger partial charge in [-0.05, 0) is 36.8 Å². The first-order valence-corrected chi connectivity index (χ1v) is 7.66. The Morgan fingerprint density at radius 1 is 1.04 bits per heavy atom.